The van der Waals surface area contributed by atoms with Crippen molar-refractivity contribution in [1.82, 2.24) is 31.6 Å². The maximum Gasteiger partial charge on any atom is 0.407 e. The molecule has 5 rings (SSSR count). The minimum Gasteiger partial charge on any atom is -0.480 e. The number of pyridine rings is 1. The Morgan fingerprint density at radius 2 is 0.928 bits per heavy atom. The van der Waals surface area contributed by atoms with E-state index < -0.39 is 83.4 Å². The van der Waals surface area contributed by atoms with Gasteiger partial charge in [-0.1, -0.05) is 162 Å². The van der Waals surface area contributed by atoms with Crippen LogP contribution in [0.3, 0.4) is 0 Å². The van der Waals surface area contributed by atoms with Gasteiger partial charge < -0.3 is 53.0 Å². The Morgan fingerprint density at radius 3 is 1.38 bits per heavy atom. The van der Waals surface area contributed by atoms with E-state index in [9.17, 15) is 58.2 Å². The van der Waals surface area contributed by atoms with E-state index in [4.69, 9.17) is 16.2 Å². The van der Waals surface area contributed by atoms with Gasteiger partial charge in [0.2, 0.25) is 23.6 Å². The van der Waals surface area contributed by atoms with Gasteiger partial charge in [-0.05, 0) is 157 Å². The van der Waals surface area contributed by atoms with E-state index in [0.717, 1.165) is 22.3 Å². The van der Waals surface area contributed by atoms with Gasteiger partial charge in [0, 0.05) is 49.3 Å². The van der Waals surface area contributed by atoms with Gasteiger partial charge in [0.1, 0.15) is 17.3 Å². The van der Waals surface area contributed by atoms with Crippen LogP contribution in [0.2, 0.25) is 0 Å². The molecule has 11 N–H and O–H groups in total. The van der Waals surface area contributed by atoms with Crippen molar-refractivity contribution < 1.29 is 62.9 Å². The van der Waals surface area contributed by atoms with Crippen molar-refractivity contribution in [1.29, 1.82) is 0 Å². The summed E-state index contributed by atoms with van der Waals surface area (Å²) in [6.07, 6.45) is 4.29. The molecule has 97 heavy (non-hydrogen) atoms. The average molecular weight is 1340 g/mol. The van der Waals surface area contributed by atoms with E-state index >= 15 is 0 Å². The van der Waals surface area contributed by atoms with E-state index in [0.29, 0.717) is 76.6 Å². The van der Waals surface area contributed by atoms with Crippen molar-refractivity contribution in [3.63, 3.8) is 0 Å². The molecule has 0 unspecified atom stereocenters. The topological polar surface area (TPSA) is 345 Å². The molecular weight excluding hydrogens is 1230 g/mol. The average Bonchev–Trinajstić information content (AvgIpc) is 1.15. The summed E-state index contributed by atoms with van der Waals surface area (Å²) in [7, 11) is 0. The van der Waals surface area contributed by atoms with Crippen LogP contribution in [0.25, 0.3) is 0 Å². The van der Waals surface area contributed by atoms with Crippen LogP contribution >= 0.6 is 0 Å². The zero-order valence-electron chi connectivity index (χ0n) is 57.8. The number of amides is 5. The fourth-order valence-electron chi connectivity index (χ4n) is 11.1. The molecule has 0 bridgehead atoms. The van der Waals surface area contributed by atoms with Crippen LogP contribution in [0.5, 0.6) is 0 Å². The number of carboxylic acids is 2. The molecule has 4 aromatic carbocycles. The number of aromatic carboxylic acids is 1. The number of hydrogen-bond donors (Lipinski definition) is 9. The zero-order valence-corrected chi connectivity index (χ0v) is 57.8. The molecule has 0 aliphatic rings. The highest BCUT2D eigenvalue weighted by molar-refractivity contribution is 5.96. The predicted molar refractivity (Wildman–Crippen MR) is 374 cm³/mol. The molecule has 0 saturated heterocycles. The number of carboxylic acid groups (broad SMARTS) is 2. The number of nitrogens with zero attached hydrogens (tertiary/aromatic N) is 1. The Balaban J connectivity index is 0.000000413. The summed E-state index contributed by atoms with van der Waals surface area (Å²) in [5, 5.41) is 33.1. The third kappa shape index (κ3) is 32.1. The van der Waals surface area contributed by atoms with Crippen molar-refractivity contribution in [3.05, 3.63) is 173 Å². The molecule has 0 aliphatic heterocycles. The molecular formula is C76H104N8O13. The van der Waals surface area contributed by atoms with Crippen molar-refractivity contribution in [2.75, 3.05) is 13.1 Å². The number of carbonyl (C=O) groups excluding carboxylic acids is 8. The van der Waals surface area contributed by atoms with Crippen LogP contribution in [-0.2, 0) is 75.2 Å². The third-order valence-electron chi connectivity index (χ3n) is 16.1. The van der Waals surface area contributed by atoms with Gasteiger partial charge in [-0.15, -0.1) is 0 Å². The van der Waals surface area contributed by atoms with Crippen LogP contribution in [0, 0.1) is 29.6 Å². The first-order chi connectivity index (χ1) is 46.1. The minimum atomic E-state index is -1.17. The first-order valence-electron chi connectivity index (χ1n) is 33.9. The summed E-state index contributed by atoms with van der Waals surface area (Å²) in [6.45, 7) is 15.6. The van der Waals surface area contributed by atoms with Crippen LogP contribution in [0.15, 0.2) is 140 Å². The molecule has 0 spiro atoms. The minimum absolute atomic E-state index is 0.0475. The van der Waals surface area contributed by atoms with Crippen molar-refractivity contribution >= 4 is 59.0 Å². The van der Waals surface area contributed by atoms with E-state index in [1.54, 1.807) is 32.9 Å². The Kier molecular flexibility index (Phi) is 35.3. The lowest BCUT2D eigenvalue weighted by molar-refractivity contribution is -0.143. The summed E-state index contributed by atoms with van der Waals surface area (Å²) < 4.78 is 5.20. The monoisotopic (exact) mass is 1340 g/mol. The van der Waals surface area contributed by atoms with Crippen molar-refractivity contribution in [2.24, 2.45) is 41.1 Å². The van der Waals surface area contributed by atoms with Gasteiger partial charge in [-0.2, -0.15) is 0 Å². The normalized spacial score (nSPS) is 13.7. The molecule has 526 valence electrons. The molecule has 5 aromatic rings. The first kappa shape index (κ1) is 80.5. The second-order valence-corrected chi connectivity index (χ2v) is 26.8. The summed E-state index contributed by atoms with van der Waals surface area (Å²) in [5.74, 6) is -6.50. The maximum absolute atomic E-state index is 14.0. The number of nitrogens with one attached hydrogen (secondary N) is 5. The lowest BCUT2D eigenvalue weighted by atomic mass is 9.87. The van der Waals surface area contributed by atoms with E-state index in [1.807, 2.05) is 156 Å². The number of benzene rings is 4. The van der Waals surface area contributed by atoms with Gasteiger partial charge >= 0.3 is 18.0 Å². The van der Waals surface area contributed by atoms with E-state index in [-0.39, 0.29) is 91.7 Å². The Labute approximate surface area is 572 Å². The fraction of sp³-hybridized carbons (Fsp3) is 0.487. The molecule has 21 nitrogen and oxygen atoms in total. The SMILES string of the molecule is CC(C)C[C@@H](CC(=O)[C@@H](Cc1ccccc1)NC(=O)[C@H](C)Cc1ccccc1)C(=O)N[C@H](CCCCNC(=O)OC(C)(C)C)C(=O)O.CC(C)C[C@@H](CC(=O)[C@@H](Cc1ccccc1)NC(=O)[C@H](N)Cc1ccccc1)C(=O)N[C@H](CCCCN)C(=O)CCc1cccc(C(=O)O)n1. The number of ketones is 3. The van der Waals surface area contributed by atoms with Crippen molar-refractivity contribution in [2.45, 2.75) is 194 Å². The number of nitrogens with two attached hydrogens (primary N) is 2. The van der Waals surface area contributed by atoms with Crippen LogP contribution in [-0.4, -0.2) is 123 Å². The molecule has 0 radical (unpaired) electrons. The van der Waals surface area contributed by atoms with Gasteiger partial charge in [0.15, 0.2) is 17.3 Å². The number of ether oxygens (including phenoxy) is 1. The van der Waals surface area contributed by atoms with Crippen molar-refractivity contribution in [3.8, 4) is 0 Å². The van der Waals surface area contributed by atoms with Crippen LogP contribution in [0.4, 0.5) is 4.79 Å². The summed E-state index contributed by atoms with van der Waals surface area (Å²) in [6, 6.07) is 37.8. The molecule has 21 heteroatoms. The number of rotatable bonds is 41. The summed E-state index contributed by atoms with van der Waals surface area (Å²) in [4.78, 5) is 134. The highest BCUT2D eigenvalue weighted by Crippen LogP contribution is 2.23. The molecule has 0 saturated carbocycles. The summed E-state index contributed by atoms with van der Waals surface area (Å²) >= 11 is 0. The second-order valence-electron chi connectivity index (χ2n) is 26.8. The molecule has 8 atom stereocenters. The molecule has 1 aromatic heterocycles. The number of aromatic nitrogens is 1. The van der Waals surface area contributed by atoms with Crippen LogP contribution in [0.1, 0.15) is 164 Å². The number of aryl methyl sites for hydroxylation is 1. The Hall–Kier alpha value is -8.95. The highest BCUT2D eigenvalue weighted by Gasteiger charge is 2.34. The molecule has 1 heterocycles. The fourth-order valence-corrected chi connectivity index (χ4v) is 11.1. The number of Topliss-reactive ketones (excluding diaryl/α,β-unsaturated/α-hetero) is 3. The zero-order chi connectivity index (χ0) is 71.5. The van der Waals surface area contributed by atoms with Gasteiger partial charge in [-0.3, -0.25) is 33.6 Å². The second kappa shape index (κ2) is 42.6. The van der Waals surface area contributed by atoms with E-state index in [2.05, 4.69) is 31.6 Å². The molecule has 0 fully saturated rings. The maximum atomic E-state index is 14.0. The lowest BCUT2D eigenvalue weighted by Crippen LogP contribution is -2.51. The molecule has 0 aliphatic carbocycles. The number of hydrogen-bond acceptors (Lipinski definition) is 14. The van der Waals surface area contributed by atoms with E-state index in [1.165, 1.54) is 6.07 Å². The largest absolute Gasteiger partial charge is 0.480 e. The quantitative estimate of drug-likeness (QED) is 0.0165. The number of alkyl carbamates (subject to hydrolysis) is 1. The highest BCUT2D eigenvalue weighted by atomic mass is 16.6. The Morgan fingerprint density at radius 1 is 0.495 bits per heavy atom. The first-order valence-corrected chi connectivity index (χ1v) is 33.9. The van der Waals surface area contributed by atoms with Crippen LogP contribution < -0.4 is 38.1 Å². The third-order valence-corrected chi connectivity index (χ3v) is 16.1. The predicted octanol–water partition coefficient (Wildman–Crippen LogP) is 9.29. The van der Waals surface area contributed by atoms with Gasteiger partial charge in [-0.25, -0.2) is 19.4 Å². The number of carbonyl (C=O) groups is 10. The smallest absolute Gasteiger partial charge is 0.407 e. The Bertz CT molecular complexity index is 3270. The number of unbranched alkanes of at least 4 members (excludes halogenated alkanes) is 2. The molecule has 5 amide bonds. The summed E-state index contributed by atoms with van der Waals surface area (Å²) in [5.41, 5.74) is 15.3. The van der Waals surface area contributed by atoms with Gasteiger partial charge in [0.25, 0.3) is 0 Å². The van der Waals surface area contributed by atoms with Gasteiger partial charge in [0.05, 0.1) is 24.2 Å². The number of aliphatic carboxylic acids is 1. The lowest BCUT2D eigenvalue weighted by Gasteiger charge is -2.25. The standard InChI is InChI=1S/C39H51N5O6.C37H53N3O7/c1-26(2)22-29(37(47)43-32(17-9-10-21-40)35(45)20-19-30-16-11-18-33(42-30)39(49)50)25-36(46)34(24-28-14-7-4-8-15-28)44-38(48)31(41)23-27-12-5-3-6-13-27;1-25(2)21-29(34(43)39-30(35(44)45)19-13-14-20-38-36(46)47-37(4,5)6)24-32(41)31(23-28-17-11-8-12-18-28)40-33(42)26(3)22-27-15-9-7-10-16-27/h3-8,11-16,18,26,29,31-32,34H,9-10,17,19-25,40-41H2,1-2H3,(H,43,47)(H,44,48)(H,49,50);7-12,15-18,25-26,29-31H,13-14,19-24H2,1-6H3,(H,38,46)(H,39,43)(H,40,42)(H,44,45)/t29-,31+,32+,34+;26-,29+,30-,31-/m01/s1.